The molecule has 1 saturated heterocycles. The fourth-order valence-electron chi connectivity index (χ4n) is 3.33. The Labute approximate surface area is 105 Å². The Balaban J connectivity index is 2.02. The van der Waals surface area contributed by atoms with E-state index in [1.807, 2.05) is 0 Å². The molecule has 96 valence electrons. The van der Waals surface area contributed by atoms with Crippen molar-refractivity contribution in [3.8, 4) is 6.07 Å². The van der Waals surface area contributed by atoms with Crippen LogP contribution in [0.2, 0.25) is 0 Å². The number of piperazine rings is 1. The maximum atomic E-state index is 8.84. The Morgan fingerprint density at radius 1 is 1.29 bits per heavy atom. The quantitative estimate of drug-likeness (QED) is 0.798. The summed E-state index contributed by atoms with van der Waals surface area (Å²) >= 11 is 0. The van der Waals surface area contributed by atoms with Crippen molar-refractivity contribution in [2.45, 2.75) is 70.0 Å². The van der Waals surface area contributed by atoms with Gasteiger partial charge in [-0.2, -0.15) is 5.26 Å². The molecule has 1 aliphatic carbocycles. The smallest absolute Gasteiger partial charge is 0.0638 e. The maximum Gasteiger partial charge on any atom is 0.0638 e. The Morgan fingerprint density at radius 3 is 2.65 bits per heavy atom. The molecule has 0 amide bonds. The molecule has 0 aromatic carbocycles. The van der Waals surface area contributed by atoms with Crippen molar-refractivity contribution in [1.82, 2.24) is 10.2 Å². The third kappa shape index (κ3) is 3.00. The molecule has 0 spiro atoms. The highest BCUT2D eigenvalue weighted by Gasteiger charge is 2.38. The van der Waals surface area contributed by atoms with Crippen LogP contribution < -0.4 is 5.32 Å². The highest BCUT2D eigenvalue weighted by molar-refractivity contribution is 4.98. The largest absolute Gasteiger partial charge is 0.310 e. The highest BCUT2D eigenvalue weighted by Crippen LogP contribution is 2.30. The average molecular weight is 235 g/mol. The van der Waals surface area contributed by atoms with Gasteiger partial charge in [0.05, 0.1) is 12.5 Å². The zero-order chi connectivity index (χ0) is 12.3. The van der Waals surface area contributed by atoms with Gasteiger partial charge in [-0.3, -0.25) is 4.90 Å². The first kappa shape index (κ1) is 12.9. The van der Waals surface area contributed by atoms with Gasteiger partial charge < -0.3 is 5.32 Å². The minimum atomic E-state index is 0.244. The van der Waals surface area contributed by atoms with Gasteiger partial charge in [0.25, 0.3) is 0 Å². The van der Waals surface area contributed by atoms with Crippen molar-refractivity contribution in [2.24, 2.45) is 0 Å². The average Bonchev–Trinajstić information content (AvgIpc) is 2.33. The summed E-state index contributed by atoms with van der Waals surface area (Å²) in [6, 6.07) is 3.42. The number of nitrogens with one attached hydrogen (secondary N) is 1. The molecule has 2 fully saturated rings. The third-order valence-corrected chi connectivity index (χ3v) is 4.37. The maximum absolute atomic E-state index is 8.84. The van der Waals surface area contributed by atoms with Crippen LogP contribution in [-0.2, 0) is 0 Å². The van der Waals surface area contributed by atoms with Crippen LogP contribution in [-0.4, -0.2) is 35.6 Å². The highest BCUT2D eigenvalue weighted by atomic mass is 15.3. The van der Waals surface area contributed by atoms with E-state index in [0.29, 0.717) is 12.5 Å². The summed E-state index contributed by atoms with van der Waals surface area (Å²) in [7, 11) is 0. The van der Waals surface area contributed by atoms with Crippen LogP contribution in [0, 0.1) is 11.3 Å². The van der Waals surface area contributed by atoms with Gasteiger partial charge >= 0.3 is 0 Å². The second-order valence-corrected chi connectivity index (χ2v) is 6.20. The van der Waals surface area contributed by atoms with Crippen LogP contribution in [0.15, 0.2) is 0 Å². The van der Waals surface area contributed by atoms with Gasteiger partial charge in [-0.25, -0.2) is 0 Å². The van der Waals surface area contributed by atoms with Crippen LogP contribution in [0.25, 0.3) is 0 Å². The zero-order valence-electron chi connectivity index (χ0n) is 11.2. The molecule has 1 unspecified atom stereocenters. The van der Waals surface area contributed by atoms with Crippen LogP contribution in [0.3, 0.4) is 0 Å². The van der Waals surface area contributed by atoms with Gasteiger partial charge in [-0.15, -0.1) is 0 Å². The van der Waals surface area contributed by atoms with Gasteiger partial charge in [0.2, 0.25) is 0 Å². The molecular weight excluding hydrogens is 210 g/mol. The summed E-state index contributed by atoms with van der Waals surface area (Å²) in [6.45, 7) is 6.72. The van der Waals surface area contributed by atoms with E-state index in [1.54, 1.807) is 0 Å². The predicted molar refractivity (Wildman–Crippen MR) is 69.7 cm³/mol. The van der Waals surface area contributed by atoms with Crippen LogP contribution in [0.5, 0.6) is 0 Å². The number of nitrogens with zero attached hydrogens (tertiary/aromatic N) is 2. The van der Waals surface area contributed by atoms with E-state index in [0.717, 1.165) is 19.1 Å². The van der Waals surface area contributed by atoms with E-state index in [-0.39, 0.29) is 5.54 Å². The van der Waals surface area contributed by atoms with Gasteiger partial charge in [-0.05, 0) is 26.7 Å². The van der Waals surface area contributed by atoms with Crippen molar-refractivity contribution in [2.75, 3.05) is 13.1 Å². The standard InChI is InChI=1S/C14H25N3/c1-14(2)11-16-12(8-9-15)10-17(14)13-6-4-3-5-7-13/h12-13,16H,3-8,10-11H2,1-2H3. The number of hydrogen-bond acceptors (Lipinski definition) is 3. The van der Waals surface area contributed by atoms with Gasteiger partial charge in [0, 0.05) is 30.7 Å². The van der Waals surface area contributed by atoms with Crippen LogP contribution in [0.4, 0.5) is 0 Å². The van der Waals surface area contributed by atoms with Crippen molar-refractivity contribution >= 4 is 0 Å². The molecule has 0 radical (unpaired) electrons. The van der Waals surface area contributed by atoms with Crippen molar-refractivity contribution in [3.63, 3.8) is 0 Å². The molecule has 2 aliphatic rings. The summed E-state index contributed by atoms with van der Waals surface area (Å²) < 4.78 is 0. The Hall–Kier alpha value is -0.590. The predicted octanol–water partition coefficient (Wildman–Crippen LogP) is 2.29. The molecule has 0 aromatic rings. The van der Waals surface area contributed by atoms with E-state index in [9.17, 15) is 0 Å². The summed E-state index contributed by atoms with van der Waals surface area (Å²) in [5.41, 5.74) is 0.244. The Morgan fingerprint density at radius 2 is 2.00 bits per heavy atom. The molecule has 1 atom stereocenters. The first-order valence-electron chi connectivity index (χ1n) is 7.00. The Bertz CT molecular complexity index is 286. The minimum Gasteiger partial charge on any atom is -0.310 e. The summed E-state index contributed by atoms with van der Waals surface area (Å²) in [6.07, 6.45) is 7.51. The van der Waals surface area contributed by atoms with E-state index in [1.165, 1.54) is 32.1 Å². The molecular formula is C14H25N3. The molecule has 2 rings (SSSR count). The Kier molecular flexibility index (Phi) is 4.06. The molecule has 1 N–H and O–H groups in total. The van der Waals surface area contributed by atoms with Crippen molar-refractivity contribution < 1.29 is 0 Å². The minimum absolute atomic E-state index is 0.244. The zero-order valence-corrected chi connectivity index (χ0v) is 11.2. The fourth-order valence-corrected chi connectivity index (χ4v) is 3.33. The second-order valence-electron chi connectivity index (χ2n) is 6.20. The summed E-state index contributed by atoms with van der Waals surface area (Å²) in [4.78, 5) is 2.67. The van der Waals surface area contributed by atoms with E-state index < -0.39 is 0 Å². The SMILES string of the molecule is CC1(C)CNC(CC#N)CN1C1CCCCC1. The van der Waals surface area contributed by atoms with Crippen LogP contribution >= 0.6 is 0 Å². The van der Waals surface area contributed by atoms with E-state index >= 15 is 0 Å². The fraction of sp³-hybridized carbons (Fsp3) is 0.929. The first-order chi connectivity index (χ1) is 8.13. The number of nitriles is 1. The van der Waals surface area contributed by atoms with Gasteiger partial charge in [-0.1, -0.05) is 19.3 Å². The number of hydrogen-bond donors (Lipinski definition) is 1. The first-order valence-corrected chi connectivity index (χ1v) is 7.00. The van der Waals surface area contributed by atoms with E-state index in [2.05, 4.69) is 30.1 Å². The lowest BCUT2D eigenvalue weighted by Crippen LogP contribution is -2.64. The second kappa shape index (κ2) is 5.37. The molecule has 0 aromatic heterocycles. The molecule has 1 aliphatic heterocycles. The van der Waals surface area contributed by atoms with Crippen molar-refractivity contribution in [1.29, 1.82) is 5.26 Å². The van der Waals surface area contributed by atoms with E-state index in [4.69, 9.17) is 5.26 Å². The summed E-state index contributed by atoms with van der Waals surface area (Å²) in [5, 5.41) is 12.4. The topological polar surface area (TPSA) is 39.1 Å². The lowest BCUT2D eigenvalue weighted by atomic mass is 9.87. The van der Waals surface area contributed by atoms with Crippen molar-refractivity contribution in [3.05, 3.63) is 0 Å². The monoisotopic (exact) mass is 235 g/mol. The van der Waals surface area contributed by atoms with Gasteiger partial charge in [0.15, 0.2) is 0 Å². The molecule has 17 heavy (non-hydrogen) atoms. The number of rotatable bonds is 2. The molecule has 1 saturated carbocycles. The molecule has 1 heterocycles. The lowest BCUT2D eigenvalue weighted by molar-refractivity contribution is 0.0113. The molecule has 3 nitrogen and oxygen atoms in total. The normalized spacial score (nSPS) is 31.0. The third-order valence-electron chi connectivity index (χ3n) is 4.37. The van der Waals surface area contributed by atoms with Crippen LogP contribution in [0.1, 0.15) is 52.4 Å². The summed E-state index contributed by atoms with van der Waals surface area (Å²) in [5.74, 6) is 0. The lowest BCUT2D eigenvalue weighted by Gasteiger charge is -2.50. The van der Waals surface area contributed by atoms with Gasteiger partial charge in [0.1, 0.15) is 0 Å². The molecule has 3 heteroatoms. The molecule has 0 bridgehead atoms.